The van der Waals surface area contributed by atoms with Gasteiger partial charge in [-0.2, -0.15) is 0 Å². The summed E-state index contributed by atoms with van der Waals surface area (Å²) in [7, 11) is 0. The van der Waals surface area contributed by atoms with Gasteiger partial charge in [-0.25, -0.2) is 15.2 Å². The Morgan fingerprint density at radius 2 is 2.64 bits per heavy atom. The Morgan fingerprint density at radius 1 is 1.79 bits per heavy atom. The van der Waals surface area contributed by atoms with Crippen LogP contribution in [0.5, 0.6) is 0 Å². The van der Waals surface area contributed by atoms with E-state index in [1.165, 1.54) is 0 Å². The largest absolute Gasteiger partial charge is 0.462 e. The number of nitrogens with one attached hydrogen (secondary N) is 1. The van der Waals surface area contributed by atoms with Crippen molar-refractivity contribution in [3.8, 4) is 0 Å². The number of allylic oxidation sites excluding steroid dienone is 1. The molecule has 0 spiro atoms. The Kier molecular flexibility index (Phi) is 2.32. The van der Waals surface area contributed by atoms with Crippen LogP contribution in [-0.2, 0) is 9.53 Å². The van der Waals surface area contributed by atoms with Gasteiger partial charge in [0.05, 0.1) is 18.7 Å². The van der Waals surface area contributed by atoms with Crippen molar-refractivity contribution in [3.05, 3.63) is 23.7 Å². The maximum Gasteiger partial charge on any atom is 0.339 e. The molecule has 0 atom stereocenters. The summed E-state index contributed by atoms with van der Waals surface area (Å²) in [6, 6.07) is 0. The predicted molar refractivity (Wildman–Crippen MR) is 51.1 cm³/mol. The summed E-state index contributed by atoms with van der Waals surface area (Å²) >= 11 is 0. The summed E-state index contributed by atoms with van der Waals surface area (Å²) in [6.45, 7) is 2.64. The third-order valence-electron chi connectivity index (χ3n) is 1.96. The minimum Gasteiger partial charge on any atom is -0.462 e. The third-order valence-corrected chi connectivity index (χ3v) is 1.96. The van der Waals surface area contributed by atoms with E-state index < -0.39 is 0 Å². The van der Waals surface area contributed by atoms with Crippen molar-refractivity contribution in [2.24, 2.45) is 4.99 Å². The van der Waals surface area contributed by atoms with E-state index in [-0.39, 0.29) is 5.97 Å². The molecule has 2 aliphatic heterocycles. The number of hydrogen-bond acceptors (Lipinski definition) is 5. The van der Waals surface area contributed by atoms with Crippen LogP contribution in [0.3, 0.4) is 0 Å². The Balaban J connectivity index is 2.23. The van der Waals surface area contributed by atoms with E-state index in [0.29, 0.717) is 24.5 Å². The van der Waals surface area contributed by atoms with Crippen molar-refractivity contribution in [3.63, 3.8) is 0 Å². The van der Waals surface area contributed by atoms with Crippen LogP contribution in [0.15, 0.2) is 28.7 Å². The van der Waals surface area contributed by atoms with Gasteiger partial charge in [-0.05, 0) is 13.0 Å². The highest BCUT2D eigenvalue weighted by molar-refractivity contribution is 5.91. The highest BCUT2D eigenvalue weighted by atomic mass is 16.5. The molecular weight excluding hydrogens is 182 g/mol. The Morgan fingerprint density at radius 3 is 3.43 bits per heavy atom. The topological polar surface area (TPSA) is 53.9 Å². The predicted octanol–water partition coefficient (Wildman–Crippen LogP) is 0.179. The molecule has 0 saturated carbocycles. The summed E-state index contributed by atoms with van der Waals surface area (Å²) in [4.78, 5) is 15.6. The van der Waals surface area contributed by atoms with Gasteiger partial charge in [-0.15, -0.1) is 0 Å². The molecule has 0 saturated heterocycles. The van der Waals surface area contributed by atoms with Crippen molar-refractivity contribution in [2.45, 2.75) is 6.92 Å². The number of nitrogens with zero attached hydrogens (tertiary/aromatic N) is 2. The number of aliphatic imine (C=N–C) groups is 1. The van der Waals surface area contributed by atoms with Crippen molar-refractivity contribution < 1.29 is 9.53 Å². The molecule has 0 radical (unpaired) electrons. The lowest BCUT2D eigenvalue weighted by molar-refractivity contribution is -0.138. The number of hydrazine groups is 1. The number of fused-ring (bicyclic) bond motifs is 1. The van der Waals surface area contributed by atoms with Gasteiger partial charge < -0.3 is 4.74 Å². The number of carbonyl (C=O) groups excluding carboxylic acids is 1. The van der Waals surface area contributed by atoms with Crippen LogP contribution in [-0.4, -0.2) is 30.3 Å². The van der Waals surface area contributed by atoms with Crippen LogP contribution in [0.1, 0.15) is 6.92 Å². The maximum absolute atomic E-state index is 11.5. The standard InChI is InChI=1S/C9H11N3O2/c1-2-14-9(13)7-6-11-12-5-3-4-10-8(7)12/h3-5,11H,2,6H2,1H3. The average molecular weight is 193 g/mol. The molecule has 0 bridgehead atoms. The zero-order chi connectivity index (χ0) is 9.97. The summed E-state index contributed by atoms with van der Waals surface area (Å²) in [5, 5.41) is 1.71. The molecule has 0 aliphatic carbocycles. The van der Waals surface area contributed by atoms with Crippen molar-refractivity contribution in [2.75, 3.05) is 13.2 Å². The molecule has 2 rings (SSSR count). The van der Waals surface area contributed by atoms with Crippen molar-refractivity contribution in [1.82, 2.24) is 10.4 Å². The lowest BCUT2D eigenvalue weighted by Gasteiger charge is -2.15. The SMILES string of the molecule is CCOC(=O)C1=C2N=CC=CN2NC1. The molecule has 0 unspecified atom stereocenters. The second kappa shape index (κ2) is 3.63. The Bertz CT molecular complexity index is 344. The quantitative estimate of drug-likeness (QED) is 0.635. The van der Waals surface area contributed by atoms with Gasteiger partial charge in [0, 0.05) is 12.4 Å². The maximum atomic E-state index is 11.5. The lowest BCUT2D eigenvalue weighted by Crippen LogP contribution is -2.27. The molecule has 0 aromatic rings. The zero-order valence-corrected chi connectivity index (χ0v) is 7.86. The van der Waals surface area contributed by atoms with Gasteiger partial charge in [0.1, 0.15) is 0 Å². The monoisotopic (exact) mass is 193 g/mol. The fourth-order valence-corrected chi connectivity index (χ4v) is 1.35. The van der Waals surface area contributed by atoms with Crippen LogP contribution in [0, 0.1) is 0 Å². The van der Waals surface area contributed by atoms with E-state index in [1.807, 2.05) is 6.20 Å². The third kappa shape index (κ3) is 1.42. The highest BCUT2D eigenvalue weighted by Crippen LogP contribution is 2.19. The fourth-order valence-electron chi connectivity index (χ4n) is 1.35. The molecule has 0 aromatic heterocycles. The van der Waals surface area contributed by atoms with Gasteiger partial charge in [-0.3, -0.25) is 5.01 Å². The van der Waals surface area contributed by atoms with Crippen LogP contribution >= 0.6 is 0 Å². The first kappa shape index (κ1) is 8.96. The molecule has 1 N–H and O–H groups in total. The fraction of sp³-hybridized carbons (Fsp3) is 0.333. The molecule has 5 heteroatoms. The average Bonchev–Trinajstić information content (AvgIpc) is 2.61. The minimum absolute atomic E-state index is 0.301. The van der Waals surface area contributed by atoms with E-state index >= 15 is 0 Å². The number of carbonyl (C=O) groups is 1. The van der Waals surface area contributed by atoms with Crippen molar-refractivity contribution in [1.29, 1.82) is 0 Å². The van der Waals surface area contributed by atoms with Gasteiger partial charge in [-0.1, -0.05) is 0 Å². The van der Waals surface area contributed by atoms with Crippen LogP contribution in [0.25, 0.3) is 0 Å². The first-order valence-electron chi connectivity index (χ1n) is 4.47. The molecule has 14 heavy (non-hydrogen) atoms. The second-order valence-electron chi connectivity index (χ2n) is 2.85. The number of rotatable bonds is 2. The molecular formula is C9H11N3O2. The van der Waals surface area contributed by atoms with Crippen LogP contribution < -0.4 is 5.43 Å². The number of hydrogen-bond donors (Lipinski definition) is 1. The van der Waals surface area contributed by atoms with Gasteiger partial charge in [0.2, 0.25) is 0 Å². The Hall–Kier alpha value is -1.62. The summed E-state index contributed by atoms with van der Waals surface area (Å²) in [5.41, 5.74) is 3.58. The summed E-state index contributed by atoms with van der Waals surface area (Å²) in [6.07, 6.45) is 5.26. The molecule has 5 nitrogen and oxygen atoms in total. The highest BCUT2D eigenvalue weighted by Gasteiger charge is 2.27. The smallest absolute Gasteiger partial charge is 0.339 e. The van der Waals surface area contributed by atoms with E-state index in [1.54, 1.807) is 24.2 Å². The minimum atomic E-state index is -0.301. The van der Waals surface area contributed by atoms with E-state index in [2.05, 4.69) is 10.4 Å². The van der Waals surface area contributed by atoms with Crippen LogP contribution in [0.2, 0.25) is 0 Å². The molecule has 2 heterocycles. The molecule has 0 fully saturated rings. The Labute approximate surface area is 81.7 Å². The molecule has 2 aliphatic rings. The van der Waals surface area contributed by atoms with E-state index in [9.17, 15) is 4.79 Å². The van der Waals surface area contributed by atoms with Gasteiger partial charge in [0.15, 0.2) is 5.82 Å². The second-order valence-corrected chi connectivity index (χ2v) is 2.85. The van der Waals surface area contributed by atoms with E-state index in [4.69, 9.17) is 4.74 Å². The molecule has 0 aromatic carbocycles. The van der Waals surface area contributed by atoms with Crippen LogP contribution in [0.4, 0.5) is 0 Å². The van der Waals surface area contributed by atoms with E-state index in [0.717, 1.165) is 0 Å². The first-order chi connectivity index (χ1) is 6.83. The molecule has 0 amide bonds. The molecule has 74 valence electrons. The normalized spacial score (nSPS) is 18.8. The number of esters is 1. The lowest BCUT2D eigenvalue weighted by atomic mass is 10.3. The van der Waals surface area contributed by atoms with Crippen molar-refractivity contribution >= 4 is 12.2 Å². The number of ether oxygens (including phenoxy) is 1. The first-order valence-corrected chi connectivity index (χ1v) is 4.47. The van der Waals surface area contributed by atoms with Gasteiger partial charge >= 0.3 is 5.97 Å². The van der Waals surface area contributed by atoms with Gasteiger partial charge in [0.25, 0.3) is 0 Å². The summed E-state index contributed by atoms with van der Waals surface area (Å²) < 4.78 is 4.91. The summed E-state index contributed by atoms with van der Waals surface area (Å²) in [5.74, 6) is 0.330. The zero-order valence-electron chi connectivity index (χ0n) is 7.86.